The largest absolute Gasteiger partial charge is 0.497 e. The van der Waals surface area contributed by atoms with E-state index >= 15 is 0 Å². The van der Waals surface area contributed by atoms with Gasteiger partial charge in [0, 0.05) is 43.7 Å². The molecular formula is C30H33ClN6O4. The number of rotatable bonds is 8. The molecule has 10 nitrogen and oxygen atoms in total. The first-order chi connectivity index (χ1) is 19.7. The number of halogens is 1. The Morgan fingerprint density at radius 2 is 1.95 bits per heavy atom. The van der Waals surface area contributed by atoms with Crippen LogP contribution in [0.3, 0.4) is 0 Å². The molecule has 3 amide bonds. The third-order valence-corrected chi connectivity index (χ3v) is 7.86. The van der Waals surface area contributed by atoms with Crippen molar-refractivity contribution in [1.82, 2.24) is 25.1 Å². The summed E-state index contributed by atoms with van der Waals surface area (Å²) in [7, 11) is 1.60. The van der Waals surface area contributed by atoms with Crippen LogP contribution in [0.2, 0.25) is 5.02 Å². The normalized spacial score (nSPS) is 15.9. The van der Waals surface area contributed by atoms with Crippen LogP contribution in [0.15, 0.2) is 48.7 Å². The lowest BCUT2D eigenvalue weighted by Crippen LogP contribution is -2.41. The van der Waals surface area contributed by atoms with Gasteiger partial charge >= 0.3 is 0 Å². The molecule has 0 bridgehead atoms. The van der Waals surface area contributed by atoms with Gasteiger partial charge in [-0.1, -0.05) is 35.9 Å². The van der Waals surface area contributed by atoms with Gasteiger partial charge in [-0.2, -0.15) is 0 Å². The van der Waals surface area contributed by atoms with E-state index in [0.717, 1.165) is 24.0 Å². The van der Waals surface area contributed by atoms with Crippen molar-refractivity contribution in [1.29, 1.82) is 0 Å². The molecule has 5 rings (SSSR count). The summed E-state index contributed by atoms with van der Waals surface area (Å²) in [6.07, 6.45) is 3.15. The monoisotopic (exact) mass is 576 g/mol. The van der Waals surface area contributed by atoms with E-state index in [1.807, 2.05) is 48.2 Å². The number of ether oxygens (including phenoxy) is 1. The zero-order chi connectivity index (χ0) is 29.1. The number of carbonyl (C=O) groups excluding carboxylic acids is 3. The molecular weight excluding hydrogens is 544 g/mol. The van der Waals surface area contributed by atoms with Gasteiger partial charge in [0.15, 0.2) is 0 Å². The number of fused-ring (bicyclic) bond motifs is 1. The highest BCUT2D eigenvalue weighted by Crippen LogP contribution is 2.32. The van der Waals surface area contributed by atoms with E-state index in [1.54, 1.807) is 26.3 Å². The number of nitrogens with zero attached hydrogens (tertiary/aromatic N) is 4. The van der Waals surface area contributed by atoms with Gasteiger partial charge in [-0.25, -0.2) is 9.97 Å². The van der Waals surface area contributed by atoms with Crippen molar-refractivity contribution in [3.63, 3.8) is 0 Å². The highest BCUT2D eigenvalue weighted by molar-refractivity contribution is 6.33. The summed E-state index contributed by atoms with van der Waals surface area (Å²) in [5.41, 5.74) is 3.49. The van der Waals surface area contributed by atoms with Crippen molar-refractivity contribution in [2.24, 2.45) is 0 Å². The number of piperidine rings is 1. The minimum absolute atomic E-state index is 0.0536. The Bertz CT molecular complexity index is 1470. The maximum absolute atomic E-state index is 13.3. The molecule has 3 heterocycles. The molecule has 1 fully saturated rings. The average Bonchev–Trinajstić information content (AvgIpc) is 3.28. The number of nitrogens with one attached hydrogen (secondary N) is 2. The standard InChI is InChI=1S/C30H33ClN6O4/c1-18(20-5-4-6-24(13-20)41-3)33-27(39)17-37-16-22-8-7-21(14-25(22)29(37)40)28-26(31)15-32-30(35-28)34-23-9-11-36(12-10-23)19(2)38/h4-8,13-15,18,23H,9-12,16-17H2,1-3H3,(H,33,39)(H,32,34,35)/t18-/m1/s1. The minimum Gasteiger partial charge on any atom is -0.497 e. The number of likely N-dealkylation sites (tertiary alicyclic amines) is 1. The number of methoxy groups -OCH3 is 1. The van der Waals surface area contributed by atoms with Crippen LogP contribution in [0, 0.1) is 0 Å². The molecule has 2 aliphatic heterocycles. The third kappa shape index (κ3) is 6.43. The fraction of sp³-hybridized carbons (Fsp3) is 0.367. The van der Waals surface area contributed by atoms with Crippen molar-refractivity contribution in [3.05, 3.63) is 70.4 Å². The van der Waals surface area contributed by atoms with Crippen LogP contribution < -0.4 is 15.4 Å². The fourth-order valence-electron chi connectivity index (χ4n) is 5.25. The van der Waals surface area contributed by atoms with E-state index < -0.39 is 0 Å². The molecule has 214 valence electrons. The molecule has 11 heteroatoms. The summed E-state index contributed by atoms with van der Waals surface area (Å²) in [5, 5.41) is 6.69. The van der Waals surface area contributed by atoms with E-state index in [-0.39, 0.29) is 36.3 Å². The molecule has 0 radical (unpaired) electrons. The van der Waals surface area contributed by atoms with Gasteiger partial charge in [0.05, 0.1) is 30.1 Å². The molecule has 1 saturated heterocycles. The van der Waals surface area contributed by atoms with E-state index in [4.69, 9.17) is 16.3 Å². The van der Waals surface area contributed by atoms with Gasteiger partial charge < -0.3 is 25.2 Å². The summed E-state index contributed by atoms with van der Waals surface area (Å²) in [4.78, 5) is 50.1. The van der Waals surface area contributed by atoms with Crippen LogP contribution in [-0.2, 0) is 16.1 Å². The molecule has 0 saturated carbocycles. The third-order valence-electron chi connectivity index (χ3n) is 7.59. The Kier molecular flexibility index (Phi) is 8.39. The summed E-state index contributed by atoms with van der Waals surface area (Å²) < 4.78 is 5.27. The Morgan fingerprint density at radius 3 is 2.68 bits per heavy atom. The Hall–Kier alpha value is -4.18. The number of carbonyl (C=O) groups is 3. The number of anilines is 1. The van der Waals surface area contributed by atoms with Crippen molar-refractivity contribution >= 4 is 35.3 Å². The summed E-state index contributed by atoms with van der Waals surface area (Å²) in [6, 6.07) is 12.9. The summed E-state index contributed by atoms with van der Waals surface area (Å²) in [5.74, 6) is 0.783. The predicted octanol–water partition coefficient (Wildman–Crippen LogP) is 4.06. The van der Waals surface area contributed by atoms with Crippen molar-refractivity contribution in [3.8, 4) is 17.0 Å². The highest BCUT2D eigenvalue weighted by atomic mass is 35.5. The molecule has 0 unspecified atom stereocenters. The first-order valence-corrected chi connectivity index (χ1v) is 14.0. The van der Waals surface area contributed by atoms with Gasteiger partial charge in [-0.15, -0.1) is 0 Å². The Balaban J connectivity index is 1.24. The van der Waals surface area contributed by atoms with Gasteiger partial charge in [0.2, 0.25) is 17.8 Å². The molecule has 2 aliphatic rings. The second-order valence-electron chi connectivity index (χ2n) is 10.4. The minimum atomic E-state index is -0.245. The van der Waals surface area contributed by atoms with Crippen LogP contribution in [0.4, 0.5) is 5.95 Å². The first kappa shape index (κ1) is 28.4. The van der Waals surface area contributed by atoms with E-state index in [0.29, 0.717) is 53.2 Å². The molecule has 2 aromatic carbocycles. The quantitative estimate of drug-likeness (QED) is 0.415. The molecule has 3 aromatic rings. The lowest BCUT2D eigenvalue weighted by Gasteiger charge is -2.31. The first-order valence-electron chi connectivity index (χ1n) is 13.6. The van der Waals surface area contributed by atoms with Gasteiger partial charge in [-0.3, -0.25) is 14.4 Å². The fourth-order valence-corrected chi connectivity index (χ4v) is 5.45. The SMILES string of the molecule is COc1cccc([C@@H](C)NC(=O)CN2Cc3ccc(-c4nc(NC5CCN(C(C)=O)CC5)ncc4Cl)cc3C2=O)c1. The number of hydrogen-bond donors (Lipinski definition) is 2. The number of benzene rings is 2. The maximum Gasteiger partial charge on any atom is 0.254 e. The number of amides is 3. The van der Waals surface area contributed by atoms with Crippen LogP contribution in [0.25, 0.3) is 11.3 Å². The van der Waals surface area contributed by atoms with Gasteiger partial charge in [0.25, 0.3) is 5.91 Å². The number of aromatic nitrogens is 2. The molecule has 1 atom stereocenters. The zero-order valence-electron chi connectivity index (χ0n) is 23.3. The lowest BCUT2D eigenvalue weighted by molar-refractivity contribution is -0.129. The molecule has 2 N–H and O–H groups in total. The van der Waals surface area contributed by atoms with Crippen molar-refractivity contribution in [2.75, 3.05) is 32.1 Å². The van der Waals surface area contributed by atoms with Crippen LogP contribution in [0.5, 0.6) is 5.75 Å². The molecule has 0 spiro atoms. The van der Waals surface area contributed by atoms with Crippen LogP contribution >= 0.6 is 11.6 Å². The Morgan fingerprint density at radius 1 is 1.17 bits per heavy atom. The van der Waals surface area contributed by atoms with Crippen LogP contribution in [0.1, 0.15) is 54.2 Å². The summed E-state index contributed by atoms with van der Waals surface area (Å²) in [6.45, 7) is 5.15. The van der Waals surface area contributed by atoms with E-state index in [1.165, 1.54) is 4.90 Å². The van der Waals surface area contributed by atoms with E-state index in [2.05, 4.69) is 20.6 Å². The smallest absolute Gasteiger partial charge is 0.254 e. The van der Waals surface area contributed by atoms with E-state index in [9.17, 15) is 14.4 Å². The maximum atomic E-state index is 13.3. The van der Waals surface area contributed by atoms with Crippen molar-refractivity contribution in [2.45, 2.75) is 45.3 Å². The topological polar surface area (TPSA) is 117 Å². The molecule has 1 aromatic heterocycles. The zero-order valence-corrected chi connectivity index (χ0v) is 24.1. The van der Waals surface area contributed by atoms with Crippen molar-refractivity contribution < 1.29 is 19.1 Å². The second kappa shape index (κ2) is 12.1. The van der Waals surface area contributed by atoms with Gasteiger partial charge in [-0.05, 0) is 49.1 Å². The average molecular weight is 577 g/mol. The number of hydrogen-bond acceptors (Lipinski definition) is 7. The Labute approximate surface area is 244 Å². The molecule has 0 aliphatic carbocycles. The molecule has 41 heavy (non-hydrogen) atoms. The highest BCUT2D eigenvalue weighted by Gasteiger charge is 2.30. The van der Waals surface area contributed by atoms with Gasteiger partial charge in [0.1, 0.15) is 12.3 Å². The lowest BCUT2D eigenvalue weighted by atomic mass is 10.0. The van der Waals surface area contributed by atoms with Crippen LogP contribution in [-0.4, -0.2) is 70.3 Å². The summed E-state index contributed by atoms with van der Waals surface area (Å²) >= 11 is 6.48. The second-order valence-corrected chi connectivity index (χ2v) is 10.8. The predicted molar refractivity (Wildman–Crippen MR) is 156 cm³/mol.